The summed E-state index contributed by atoms with van der Waals surface area (Å²) in [5.74, 6) is 0.667. The highest BCUT2D eigenvalue weighted by Gasteiger charge is 2.26. The van der Waals surface area contributed by atoms with Gasteiger partial charge < -0.3 is 14.1 Å². The SMILES string of the molecule is COCC1CC(CN(C)C(=O)c2ccc3oc(CCc4ccccc4)nc3c2)NN1. The summed E-state index contributed by atoms with van der Waals surface area (Å²) in [7, 11) is 3.52. The fourth-order valence-electron chi connectivity index (χ4n) is 3.87. The molecule has 2 aromatic carbocycles. The van der Waals surface area contributed by atoms with Gasteiger partial charge in [0.2, 0.25) is 0 Å². The average Bonchev–Trinajstić information content (AvgIpc) is 3.38. The topological polar surface area (TPSA) is 79.6 Å². The Bertz CT molecular complexity index is 989. The van der Waals surface area contributed by atoms with Gasteiger partial charge in [0.05, 0.1) is 6.61 Å². The van der Waals surface area contributed by atoms with Gasteiger partial charge in [-0.3, -0.25) is 15.6 Å². The molecule has 7 heteroatoms. The third-order valence-corrected chi connectivity index (χ3v) is 5.42. The minimum atomic E-state index is -0.0253. The van der Waals surface area contributed by atoms with E-state index in [2.05, 4.69) is 28.0 Å². The van der Waals surface area contributed by atoms with E-state index >= 15 is 0 Å². The quantitative estimate of drug-likeness (QED) is 0.596. The number of ether oxygens (including phenoxy) is 1. The van der Waals surface area contributed by atoms with Crippen molar-refractivity contribution in [2.45, 2.75) is 31.3 Å². The van der Waals surface area contributed by atoms with E-state index in [-0.39, 0.29) is 18.0 Å². The number of hydrogen-bond donors (Lipinski definition) is 2. The molecule has 2 heterocycles. The first-order valence-corrected chi connectivity index (χ1v) is 10.3. The first-order valence-electron chi connectivity index (χ1n) is 10.3. The van der Waals surface area contributed by atoms with Gasteiger partial charge in [-0.05, 0) is 36.6 Å². The standard InChI is InChI=1S/C23H28N4O3/c1-27(14-18-13-19(15-29-2)26-25-18)23(28)17-9-10-21-20(12-17)24-22(30-21)11-8-16-6-4-3-5-7-16/h3-7,9-10,12,18-19,25-26H,8,11,13-15H2,1-2H3. The maximum Gasteiger partial charge on any atom is 0.253 e. The molecule has 0 bridgehead atoms. The van der Waals surface area contributed by atoms with Crippen molar-refractivity contribution in [3.8, 4) is 0 Å². The second-order valence-corrected chi connectivity index (χ2v) is 7.83. The molecule has 3 aromatic rings. The van der Waals surface area contributed by atoms with Gasteiger partial charge in [0, 0.05) is 44.8 Å². The lowest BCUT2D eigenvalue weighted by molar-refractivity contribution is 0.0782. The molecule has 2 N–H and O–H groups in total. The highest BCUT2D eigenvalue weighted by atomic mass is 16.5. The van der Waals surface area contributed by atoms with E-state index in [4.69, 9.17) is 9.15 Å². The molecule has 2 atom stereocenters. The predicted molar refractivity (Wildman–Crippen MR) is 115 cm³/mol. The third kappa shape index (κ3) is 4.87. The molecule has 1 fully saturated rings. The summed E-state index contributed by atoms with van der Waals surface area (Å²) in [6, 6.07) is 16.2. The largest absolute Gasteiger partial charge is 0.441 e. The maximum absolute atomic E-state index is 12.9. The number of carbonyl (C=O) groups excluding carboxylic acids is 1. The van der Waals surface area contributed by atoms with E-state index in [0.29, 0.717) is 30.2 Å². The summed E-state index contributed by atoms with van der Waals surface area (Å²) in [6.45, 7) is 1.27. The van der Waals surface area contributed by atoms with Crippen molar-refractivity contribution >= 4 is 17.0 Å². The Kier molecular flexibility index (Phi) is 6.42. The van der Waals surface area contributed by atoms with Gasteiger partial charge in [-0.15, -0.1) is 0 Å². The summed E-state index contributed by atoms with van der Waals surface area (Å²) in [5, 5.41) is 0. The molecule has 1 aliphatic rings. The van der Waals surface area contributed by atoms with Crippen LogP contribution in [0.4, 0.5) is 0 Å². The Morgan fingerprint density at radius 3 is 2.77 bits per heavy atom. The summed E-state index contributed by atoms with van der Waals surface area (Å²) in [4.78, 5) is 19.2. The number of carbonyl (C=O) groups is 1. The maximum atomic E-state index is 12.9. The normalized spacial score (nSPS) is 18.7. The number of methoxy groups -OCH3 is 1. The predicted octanol–water partition coefficient (Wildman–Crippen LogP) is 2.57. The number of hydrogen-bond acceptors (Lipinski definition) is 6. The smallest absolute Gasteiger partial charge is 0.253 e. The number of aryl methyl sites for hydroxylation is 2. The number of likely N-dealkylation sites (N-methyl/N-ethyl adjacent to an activating group) is 1. The molecule has 1 saturated heterocycles. The Hall–Kier alpha value is -2.74. The van der Waals surface area contributed by atoms with Crippen LogP contribution in [-0.2, 0) is 17.6 Å². The monoisotopic (exact) mass is 408 g/mol. The van der Waals surface area contributed by atoms with E-state index in [1.165, 1.54) is 5.56 Å². The van der Waals surface area contributed by atoms with Crippen LogP contribution in [0.25, 0.3) is 11.1 Å². The van der Waals surface area contributed by atoms with Crippen LogP contribution in [0, 0.1) is 0 Å². The minimum Gasteiger partial charge on any atom is -0.441 e. The molecule has 1 aromatic heterocycles. The number of hydrazine groups is 1. The van der Waals surface area contributed by atoms with Crippen LogP contribution in [0.5, 0.6) is 0 Å². The number of benzene rings is 2. The first-order chi connectivity index (χ1) is 14.6. The van der Waals surface area contributed by atoms with E-state index < -0.39 is 0 Å². The number of amides is 1. The molecule has 158 valence electrons. The highest BCUT2D eigenvalue weighted by molar-refractivity contribution is 5.97. The van der Waals surface area contributed by atoms with Gasteiger partial charge in [-0.25, -0.2) is 4.98 Å². The van der Waals surface area contributed by atoms with Crippen molar-refractivity contribution < 1.29 is 13.9 Å². The summed E-state index contributed by atoms with van der Waals surface area (Å²) >= 11 is 0. The van der Waals surface area contributed by atoms with Gasteiger partial charge in [0.15, 0.2) is 11.5 Å². The highest BCUT2D eigenvalue weighted by Crippen LogP contribution is 2.20. The van der Waals surface area contributed by atoms with Crippen LogP contribution in [-0.4, -0.2) is 55.2 Å². The van der Waals surface area contributed by atoms with Crippen molar-refractivity contribution in [2.75, 3.05) is 27.3 Å². The van der Waals surface area contributed by atoms with Crippen molar-refractivity contribution in [3.05, 3.63) is 65.5 Å². The lowest BCUT2D eigenvalue weighted by Crippen LogP contribution is -2.41. The fourth-order valence-corrected chi connectivity index (χ4v) is 3.87. The van der Waals surface area contributed by atoms with E-state index in [1.54, 1.807) is 18.1 Å². The lowest BCUT2D eigenvalue weighted by Gasteiger charge is -2.21. The van der Waals surface area contributed by atoms with Crippen LogP contribution in [0.1, 0.15) is 28.2 Å². The molecule has 0 radical (unpaired) electrons. The second-order valence-electron chi connectivity index (χ2n) is 7.83. The Labute approximate surface area is 176 Å². The number of oxazole rings is 1. The zero-order valence-electron chi connectivity index (χ0n) is 17.4. The molecule has 7 nitrogen and oxygen atoms in total. The number of nitrogens with zero attached hydrogens (tertiary/aromatic N) is 2. The third-order valence-electron chi connectivity index (χ3n) is 5.42. The Morgan fingerprint density at radius 2 is 1.97 bits per heavy atom. The second kappa shape index (κ2) is 9.38. The minimum absolute atomic E-state index is 0.0253. The number of rotatable bonds is 8. The van der Waals surface area contributed by atoms with Gasteiger partial charge >= 0.3 is 0 Å². The molecule has 1 amide bonds. The van der Waals surface area contributed by atoms with Crippen LogP contribution < -0.4 is 10.9 Å². The number of nitrogens with one attached hydrogen (secondary N) is 2. The summed E-state index contributed by atoms with van der Waals surface area (Å²) in [5.41, 5.74) is 9.74. The summed E-state index contributed by atoms with van der Waals surface area (Å²) < 4.78 is 11.0. The average molecular weight is 409 g/mol. The van der Waals surface area contributed by atoms with Crippen molar-refractivity contribution in [1.29, 1.82) is 0 Å². The fraction of sp³-hybridized carbons (Fsp3) is 0.391. The molecular formula is C23H28N4O3. The van der Waals surface area contributed by atoms with Gasteiger partial charge in [-0.1, -0.05) is 30.3 Å². The van der Waals surface area contributed by atoms with E-state index in [0.717, 1.165) is 24.8 Å². The molecule has 1 aliphatic heterocycles. The molecule has 2 unspecified atom stereocenters. The van der Waals surface area contributed by atoms with E-state index in [9.17, 15) is 4.79 Å². The molecule has 4 rings (SSSR count). The molecule has 0 aliphatic carbocycles. The van der Waals surface area contributed by atoms with Gasteiger partial charge in [0.1, 0.15) is 5.52 Å². The first kappa shape index (κ1) is 20.5. The Morgan fingerprint density at radius 1 is 1.17 bits per heavy atom. The van der Waals surface area contributed by atoms with Crippen LogP contribution in [0.15, 0.2) is 52.9 Å². The van der Waals surface area contributed by atoms with Crippen LogP contribution in [0.3, 0.4) is 0 Å². The number of aromatic nitrogens is 1. The van der Waals surface area contributed by atoms with Gasteiger partial charge in [-0.2, -0.15) is 0 Å². The molecular weight excluding hydrogens is 380 g/mol. The van der Waals surface area contributed by atoms with Gasteiger partial charge in [0.25, 0.3) is 5.91 Å². The molecule has 0 saturated carbocycles. The summed E-state index contributed by atoms with van der Waals surface area (Å²) in [6.07, 6.45) is 2.51. The zero-order valence-corrected chi connectivity index (χ0v) is 17.4. The van der Waals surface area contributed by atoms with E-state index in [1.807, 2.05) is 37.4 Å². The van der Waals surface area contributed by atoms with Crippen molar-refractivity contribution in [2.24, 2.45) is 0 Å². The Balaban J connectivity index is 1.38. The lowest BCUT2D eigenvalue weighted by atomic mass is 10.1. The number of fused-ring (bicyclic) bond motifs is 1. The van der Waals surface area contributed by atoms with Crippen LogP contribution >= 0.6 is 0 Å². The van der Waals surface area contributed by atoms with Crippen molar-refractivity contribution in [3.63, 3.8) is 0 Å². The van der Waals surface area contributed by atoms with Crippen LogP contribution in [0.2, 0.25) is 0 Å². The zero-order chi connectivity index (χ0) is 20.9. The molecule has 30 heavy (non-hydrogen) atoms. The van der Waals surface area contributed by atoms with Crippen molar-refractivity contribution in [1.82, 2.24) is 20.7 Å². The molecule has 0 spiro atoms.